The van der Waals surface area contributed by atoms with Gasteiger partial charge in [0.25, 0.3) is 0 Å². The summed E-state index contributed by atoms with van der Waals surface area (Å²) in [4.78, 5) is 13.2. The lowest BCUT2D eigenvalue weighted by atomic mass is 9.86. The molecule has 0 bridgehead atoms. The van der Waals surface area contributed by atoms with Crippen LogP contribution >= 0.6 is 11.8 Å². The molecule has 2 N–H and O–H groups in total. The molecule has 202 valence electrons. The van der Waals surface area contributed by atoms with Crippen LogP contribution in [0.15, 0.2) is 53.4 Å². The van der Waals surface area contributed by atoms with E-state index in [1.807, 2.05) is 6.07 Å². The molecule has 0 radical (unpaired) electrons. The van der Waals surface area contributed by atoms with Crippen LogP contribution in [0.5, 0.6) is 0 Å². The zero-order valence-corrected chi connectivity index (χ0v) is 22.7. The summed E-state index contributed by atoms with van der Waals surface area (Å²) in [5, 5.41) is 14.5. The molecule has 0 aliphatic carbocycles. The minimum absolute atomic E-state index is 0.0488. The largest absolute Gasteiger partial charge is 0.422 e. The van der Waals surface area contributed by atoms with E-state index in [0.717, 1.165) is 6.26 Å². The highest BCUT2D eigenvalue weighted by atomic mass is 32.2. The quantitative estimate of drug-likeness (QED) is 0.527. The SMILES string of the molecule is CC(C)C[C@@H]1N[C@@](c2ccc(-c3ccc(S(C)(=O)=O)cc3)cc2)(C(F)(F)F)C#CCSC[C@@H](C#N)NC1=O. The molecule has 2 aromatic carbocycles. The summed E-state index contributed by atoms with van der Waals surface area (Å²) in [5.41, 5.74) is -1.81. The number of carbonyl (C=O) groups is 1. The number of benzene rings is 2. The third-order valence-electron chi connectivity index (χ3n) is 5.98. The minimum atomic E-state index is -4.89. The molecule has 1 aliphatic rings. The summed E-state index contributed by atoms with van der Waals surface area (Å²) in [6.07, 6.45) is -3.70. The predicted molar refractivity (Wildman–Crippen MR) is 142 cm³/mol. The molecule has 0 saturated heterocycles. The van der Waals surface area contributed by atoms with E-state index in [1.54, 1.807) is 26.0 Å². The molecule has 38 heavy (non-hydrogen) atoms. The summed E-state index contributed by atoms with van der Waals surface area (Å²) in [7, 11) is -3.39. The van der Waals surface area contributed by atoms with Crippen molar-refractivity contribution in [1.82, 2.24) is 10.6 Å². The topological polar surface area (TPSA) is 99.1 Å². The number of halogens is 3. The lowest BCUT2D eigenvalue weighted by Gasteiger charge is -2.36. The van der Waals surface area contributed by atoms with Gasteiger partial charge in [-0.1, -0.05) is 62.1 Å². The van der Waals surface area contributed by atoms with Gasteiger partial charge in [0, 0.05) is 12.0 Å². The molecule has 2 aromatic rings. The van der Waals surface area contributed by atoms with E-state index in [0.29, 0.717) is 11.1 Å². The van der Waals surface area contributed by atoms with Gasteiger partial charge in [0.1, 0.15) is 6.04 Å². The second-order valence-corrected chi connectivity index (χ2v) is 12.5. The van der Waals surface area contributed by atoms with Crippen molar-refractivity contribution in [3.8, 4) is 29.0 Å². The number of rotatable bonds is 5. The highest BCUT2D eigenvalue weighted by Crippen LogP contribution is 2.40. The van der Waals surface area contributed by atoms with Crippen LogP contribution in [0, 0.1) is 29.1 Å². The maximum absolute atomic E-state index is 14.9. The van der Waals surface area contributed by atoms with Gasteiger partial charge in [0.2, 0.25) is 11.4 Å². The number of hydrogen-bond donors (Lipinski definition) is 2. The molecule has 0 spiro atoms. The standard InChI is InChI=1S/C27H28F3N3O3S2/c1-18(2)15-24-25(34)32-22(16-31)17-37-14-4-13-26(33-24,27(28,29)30)21-9-5-19(6-10-21)20-7-11-23(12-8-20)38(3,35)36/h5-12,18,22,24,33H,14-15,17H2,1-3H3,(H,32,34)/t22-,24+,26+/m1/s1. The van der Waals surface area contributed by atoms with E-state index >= 15 is 0 Å². The predicted octanol–water partition coefficient (Wildman–Crippen LogP) is 4.28. The van der Waals surface area contributed by atoms with Crippen LogP contribution in [0.4, 0.5) is 13.2 Å². The van der Waals surface area contributed by atoms with Crippen LogP contribution < -0.4 is 10.6 Å². The van der Waals surface area contributed by atoms with Gasteiger partial charge in [-0.05, 0) is 41.2 Å². The molecule has 1 heterocycles. The molecule has 11 heteroatoms. The van der Waals surface area contributed by atoms with Crippen molar-refractivity contribution < 1.29 is 26.4 Å². The van der Waals surface area contributed by atoms with Crippen molar-refractivity contribution >= 4 is 27.5 Å². The van der Waals surface area contributed by atoms with Crippen molar-refractivity contribution in [3.05, 3.63) is 54.1 Å². The van der Waals surface area contributed by atoms with Gasteiger partial charge in [-0.2, -0.15) is 18.4 Å². The molecule has 6 nitrogen and oxygen atoms in total. The van der Waals surface area contributed by atoms with Crippen molar-refractivity contribution in [2.75, 3.05) is 17.8 Å². The van der Waals surface area contributed by atoms with Crippen molar-refractivity contribution in [2.45, 2.75) is 49.0 Å². The van der Waals surface area contributed by atoms with Gasteiger partial charge in [0.15, 0.2) is 9.84 Å². The number of nitrogens with zero attached hydrogens (tertiary/aromatic N) is 1. The third kappa shape index (κ3) is 6.90. The van der Waals surface area contributed by atoms with Gasteiger partial charge in [-0.15, -0.1) is 11.8 Å². The first-order chi connectivity index (χ1) is 17.8. The highest BCUT2D eigenvalue weighted by molar-refractivity contribution is 7.99. The Hall–Kier alpha value is -2.99. The summed E-state index contributed by atoms with van der Waals surface area (Å²) < 4.78 is 68.1. The van der Waals surface area contributed by atoms with E-state index in [4.69, 9.17) is 0 Å². The normalized spacial score (nSPS) is 22.9. The van der Waals surface area contributed by atoms with Crippen LogP contribution in [0.25, 0.3) is 11.1 Å². The lowest BCUT2D eigenvalue weighted by molar-refractivity contribution is -0.185. The zero-order chi connectivity index (χ0) is 28.1. The Morgan fingerprint density at radius 2 is 1.71 bits per heavy atom. The average molecular weight is 564 g/mol. The van der Waals surface area contributed by atoms with E-state index in [1.165, 1.54) is 48.2 Å². The summed E-state index contributed by atoms with van der Waals surface area (Å²) in [6, 6.07) is 11.5. The van der Waals surface area contributed by atoms with E-state index < -0.39 is 39.5 Å². The summed E-state index contributed by atoms with van der Waals surface area (Å²) >= 11 is 1.17. The fraction of sp³-hybridized carbons (Fsp3) is 0.407. The highest BCUT2D eigenvalue weighted by Gasteiger charge is 2.57. The third-order valence-corrected chi connectivity index (χ3v) is 8.03. The number of nitriles is 1. The Kier molecular flexibility index (Phi) is 9.19. The van der Waals surface area contributed by atoms with Crippen molar-refractivity contribution in [2.24, 2.45) is 5.92 Å². The Bertz CT molecular complexity index is 1360. The second-order valence-electron chi connectivity index (χ2n) is 9.46. The minimum Gasteiger partial charge on any atom is -0.338 e. The fourth-order valence-corrected chi connectivity index (χ4v) is 5.38. The van der Waals surface area contributed by atoms with Crippen LogP contribution in [-0.2, 0) is 20.2 Å². The number of nitrogens with one attached hydrogen (secondary N) is 2. The molecular weight excluding hydrogens is 535 g/mol. The van der Waals surface area contributed by atoms with E-state index in [9.17, 15) is 31.6 Å². The number of sulfone groups is 1. The Morgan fingerprint density at radius 1 is 1.13 bits per heavy atom. The molecular formula is C27H28F3N3O3S2. The molecule has 1 aliphatic heterocycles. The van der Waals surface area contributed by atoms with E-state index in [-0.39, 0.29) is 34.3 Å². The van der Waals surface area contributed by atoms with Crippen LogP contribution in [-0.4, -0.2) is 50.3 Å². The van der Waals surface area contributed by atoms with Gasteiger partial charge >= 0.3 is 6.18 Å². The summed E-state index contributed by atoms with van der Waals surface area (Å²) in [6.45, 7) is 3.59. The number of alkyl halides is 3. The maximum atomic E-state index is 14.9. The Balaban J connectivity index is 2.08. The maximum Gasteiger partial charge on any atom is 0.422 e. The first-order valence-corrected chi connectivity index (χ1v) is 14.8. The van der Waals surface area contributed by atoms with Crippen molar-refractivity contribution in [3.63, 3.8) is 0 Å². The number of carbonyl (C=O) groups excluding carboxylic acids is 1. The van der Waals surface area contributed by atoms with Crippen LogP contribution in [0.2, 0.25) is 0 Å². The first-order valence-electron chi connectivity index (χ1n) is 11.8. The molecule has 0 unspecified atom stereocenters. The molecule has 1 amide bonds. The first kappa shape index (κ1) is 29.6. The Labute approximate surface area is 225 Å². The molecule has 3 atom stereocenters. The monoisotopic (exact) mass is 563 g/mol. The zero-order valence-electron chi connectivity index (χ0n) is 21.1. The number of amides is 1. The van der Waals surface area contributed by atoms with Gasteiger partial charge < -0.3 is 5.32 Å². The van der Waals surface area contributed by atoms with Gasteiger partial charge in [-0.25, -0.2) is 8.42 Å². The molecule has 0 aromatic heterocycles. The Morgan fingerprint density at radius 3 is 2.21 bits per heavy atom. The van der Waals surface area contributed by atoms with Gasteiger partial charge in [-0.3, -0.25) is 10.1 Å². The second kappa shape index (κ2) is 11.8. The van der Waals surface area contributed by atoms with Crippen LogP contribution in [0.3, 0.4) is 0 Å². The number of thioether (sulfide) groups is 1. The van der Waals surface area contributed by atoms with E-state index in [2.05, 4.69) is 22.5 Å². The molecule has 0 fully saturated rings. The lowest BCUT2D eigenvalue weighted by Crippen LogP contribution is -2.61. The van der Waals surface area contributed by atoms with Crippen LogP contribution in [0.1, 0.15) is 25.8 Å². The molecule has 3 rings (SSSR count). The smallest absolute Gasteiger partial charge is 0.338 e. The van der Waals surface area contributed by atoms with Gasteiger partial charge in [0.05, 0.1) is 22.8 Å². The fourth-order valence-electron chi connectivity index (χ4n) is 4.06. The number of hydrogen-bond acceptors (Lipinski definition) is 6. The van der Waals surface area contributed by atoms with Crippen molar-refractivity contribution in [1.29, 1.82) is 5.26 Å². The molecule has 0 saturated carbocycles. The summed E-state index contributed by atoms with van der Waals surface area (Å²) in [5.74, 6) is 4.44. The average Bonchev–Trinajstić information content (AvgIpc) is 2.87.